The van der Waals surface area contributed by atoms with Gasteiger partial charge in [-0.1, -0.05) is 187 Å². The Hall–Kier alpha value is -1.94. The first-order chi connectivity index (χ1) is 41.2. The van der Waals surface area contributed by atoms with Crippen LogP contribution in [0.25, 0.3) is 0 Å². The highest BCUT2D eigenvalue weighted by Gasteiger charge is 2.77. The molecule has 0 aromatic rings. The third kappa shape index (κ3) is 19.3. The van der Waals surface area contributed by atoms with Gasteiger partial charge in [-0.2, -0.15) is 0 Å². The molecule has 0 aromatic carbocycles. The molecule has 0 aromatic heterocycles. The number of carbonyl (C=O) groups is 2. The van der Waals surface area contributed by atoms with Crippen LogP contribution in [0.4, 0.5) is 0 Å². The van der Waals surface area contributed by atoms with Crippen LogP contribution >= 0.6 is 0 Å². The lowest BCUT2D eigenvalue weighted by molar-refractivity contribution is -0.504. The summed E-state index contributed by atoms with van der Waals surface area (Å²) in [5, 5.41) is 179. The quantitative estimate of drug-likeness (QED) is 0.0229. The Kier molecular flexibility index (Phi) is 34.0. The monoisotopic (exact) mass is 1250 g/mol. The standard InChI is InChI=1S/C60H110O26/c1-3-5-7-9-11-13-15-17-19-20-22-24-26-28-30-32-44(67)83-56(33-31-29-27-25-23-21-18-16-14-12-10-8-6-4-2,59(53(76)49(72)45(68)40(34-61)81-59)85-57(38-65)51(74)47(70)42(36-63)79-57)55(78)84-60(54(77)50(73)46(69)41(35-62)82-60)86-58(39-66)52(75)48(71)43(37-64)80-58/h40-43,45-54,61-66,68-77H,3-39H2,1-2H3/t40-,41-,42-,43-,45-,46-,47-,48-,49+,50+,51+,52+,53-,54-,56?,57?,58?,59-,60+/m1/s1. The maximum absolute atomic E-state index is 16.3. The Morgan fingerprint density at radius 1 is 0.384 bits per heavy atom. The molecule has 4 saturated heterocycles. The topological polar surface area (TPSA) is 432 Å². The van der Waals surface area contributed by atoms with Crippen molar-refractivity contribution in [2.24, 2.45) is 0 Å². The zero-order valence-corrected chi connectivity index (χ0v) is 51.0. The summed E-state index contributed by atoms with van der Waals surface area (Å²) < 4.78 is 47.8. The third-order valence-corrected chi connectivity index (χ3v) is 17.6. The van der Waals surface area contributed by atoms with Crippen LogP contribution in [0.2, 0.25) is 0 Å². The van der Waals surface area contributed by atoms with Crippen molar-refractivity contribution in [3.05, 3.63) is 0 Å². The van der Waals surface area contributed by atoms with E-state index in [1.165, 1.54) is 64.2 Å². The Morgan fingerprint density at radius 2 is 0.721 bits per heavy atom. The molecule has 26 heteroatoms. The Bertz CT molecular complexity index is 1870. The van der Waals surface area contributed by atoms with Crippen LogP contribution in [0.3, 0.4) is 0 Å². The SMILES string of the molecule is CCCCCCCCCCCCCCCCCC(=O)OC(CCCCCCCCCCCCCCCC)(C(=O)O[C@@]1(OC2(CO)O[C@H](CO)[C@@H](O)[C@@H]2O)O[C@H](CO)[C@@H](O)[C@H](O)[C@H]1O)[C@@]1(OC2(CO)O[C@H](CO)[C@@H](O)[C@@H]2O)O[C@H](CO)[C@@H](O)[C@H](O)[C@H]1O. The van der Waals surface area contributed by atoms with E-state index < -0.39 is 179 Å². The van der Waals surface area contributed by atoms with Gasteiger partial charge in [0.15, 0.2) is 6.10 Å². The van der Waals surface area contributed by atoms with Crippen molar-refractivity contribution in [1.29, 1.82) is 0 Å². The molecule has 0 radical (unpaired) electrons. The third-order valence-electron chi connectivity index (χ3n) is 17.6. The number of ether oxygens (including phenoxy) is 8. The predicted molar refractivity (Wildman–Crippen MR) is 305 cm³/mol. The molecule has 0 bridgehead atoms. The normalized spacial score (nSPS) is 35.5. The zero-order valence-electron chi connectivity index (χ0n) is 51.0. The molecule has 4 rings (SSSR count). The molecule has 19 atom stereocenters. The summed E-state index contributed by atoms with van der Waals surface area (Å²) in [4.78, 5) is 31.2. The van der Waals surface area contributed by atoms with Gasteiger partial charge in [-0.25, -0.2) is 4.79 Å². The van der Waals surface area contributed by atoms with E-state index in [0.717, 1.165) is 77.0 Å². The van der Waals surface area contributed by atoms with Crippen molar-refractivity contribution < 1.29 is 129 Å². The van der Waals surface area contributed by atoms with E-state index in [0.29, 0.717) is 25.7 Å². The second-order valence-electron chi connectivity index (χ2n) is 24.2. The highest BCUT2D eigenvalue weighted by Crippen LogP contribution is 2.52. The molecular weight excluding hydrogens is 1140 g/mol. The Balaban J connectivity index is 1.85. The van der Waals surface area contributed by atoms with Gasteiger partial charge in [0.2, 0.25) is 11.6 Å². The summed E-state index contributed by atoms with van der Waals surface area (Å²) in [7, 11) is 0. The van der Waals surface area contributed by atoms with E-state index in [1.54, 1.807) is 0 Å². The average molecular weight is 1250 g/mol. The van der Waals surface area contributed by atoms with Crippen molar-refractivity contribution in [1.82, 2.24) is 0 Å². The van der Waals surface area contributed by atoms with Crippen LogP contribution in [-0.2, 0) is 47.5 Å². The van der Waals surface area contributed by atoms with Gasteiger partial charge in [-0.15, -0.1) is 0 Å². The van der Waals surface area contributed by atoms with Crippen molar-refractivity contribution in [3.63, 3.8) is 0 Å². The molecule has 0 amide bonds. The highest BCUT2D eigenvalue weighted by atomic mass is 16.9. The molecule has 4 fully saturated rings. The molecule has 86 heavy (non-hydrogen) atoms. The zero-order chi connectivity index (χ0) is 63.6. The maximum Gasteiger partial charge on any atom is 0.362 e. The molecule has 0 saturated carbocycles. The fourth-order valence-electron chi connectivity index (χ4n) is 12.2. The molecular formula is C60H110O26. The van der Waals surface area contributed by atoms with Gasteiger partial charge in [-0.05, 0) is 12.8 Å². The number of esters is 2. The molecule has 3 unspecified atom stereocenters. The lowest BCUT2D eigenvalue weighted by Gasteiger charge is -2.57. The van der Waals surface area contributed by atoms with Gasteiger partial charge in [0.1, 0.15) is 92.6 Å². The minimum Gasteiger partial charge on any atom is -0.441 e. The van der Waals surface area contributed by atoms with Crippen LogP contribution in [0.5, 0.6) is 0 Å². The average Bonchev–Trinajstić information content (AvgIpc) is 0.971. The van der Waals surface area contributed by atoms with Crippen LogP contribution in [0.1, 0.15) is 213 Å². The van der Waals surface area contributed by atoms with Gasteiger partial charge in [0.05, 0.1) is 26.4 Å². The maximum atomic E-state index is 16.3. The number of hydrogen-bond donors (Lipinski definition) is 16. The first-order valence-electron chi connectivity index (χ1n) is 32.2. The molecule has 0 spiro atoms. The van der Waals surface area contributed by atoms with E-state index in [-0.39, 0.29) is 19.3 Å². The summed E-state index contributed by atoms with van der Waals surface area (Å²) >= 11 is 0. The summed E-state index contributed by atoms with van der Waals surface area (Å²) in [6, 6.07) is 0. The van der Waals surface area contributed by atoms with Crippen LogP contribution in [0, 0.1) is 0 Å². The van der Waals surface area contributed by atoms with Gasteiger partial charge in [-0.3, -0.25) is 9.53 Å². The number of carbonyl (C=O) groups excluding carboxylic acids is 2. The smallest absolute Gasteiger partial charge is 0.362 e. The van der Waals surface area contributed by atoms with Gasteiger partial charge in [0, 0.05) is 12.8 Å². The first kappa shape index (κ1) is 76.5. The van der Waals surface area contributed by atoms with Gasteiger partial charge >= 0.3 is 17.9 Å². The molecule has 506 valence electrons. The van der Waals surface area contributed by atoms with Crippen LogP contribution in [0.15, 0.2) is 0 Å². The number of aliphatic hydroxyl groups excluding tert-OH is 16. The summed E-state index contributed by atoms with van der Waals surface area (Å²) in [6.07, 6.45) is -7.77. The number of hydrogen-bond acceptors (Lipinski definition) is 26. The number of unbranched alkanes of at least 4 members (excludes halogenated alkanes) is 27. The van der Waals surface area contributed by atoms with Crippen molar-refractivity contribution in [2.75, 3.05) is 39.6 Å². The van der Waals surface area contributed by atoms with E-state index in [9.17, 15) is 86.5 Å². The van der Waals surface area contributed by atoms with E-state index in [2.05, 4.69) is 13.8 Å². The van der Waals surface area contributed by atoms with Crippen molar-refractivity contribution >= 4 is 11.9 Å². The molecule has 4 aliphatic rings. The first-order valence-corrected chi connectivity index (χ1v) is 32.2. The lowest BCUT2D eigenvalue weighted by atomic mass is 9.77. The Morgan fingerprint density at radius 3 is 1.09 bits per heavy atom. The van der Waals surface area contributed by atoms with E-state index >= 15 is 4.79 Å². The summed E-state index contributed by atoms with van der Waals surface area (Å²) in [5.41, 5.74) is -3.64. The fourth-order valence-corrected chi connectivity index (χ4v) is 12.2. The molecule has 26 nitrogen and oxygen atoms in total. The molecule has 0 aliphatic carbocycles. The molecule has 4 aliphatic heterocycles. The highest BCUT2D eigenvalue weighted by molar-refractivity contribution is 5.85. The lowest BCUT2D eigenvalue weighted by Crippen LogP contribution is -2.80. The van der Waals surface area contributed by atoms with E-state index in [1.807, 2.05) is 0 Å². The van der Waals surface area contributed by atoms with Crippen molar-refractivity contribution in [2.45, 2.75) is 327 Å². The predicted octanol–water partition coefficient (Wildman–Crippen LogP) is 0.878. The minimum absolute atomic E-state index is 0.102. The molecule has 16 N–H and O–H groups in total. The Labute approximate surface area is 506 Å². The number of rotatable bonds is 45. The summed E-state index contributed by atoms with van der Waals surface area (Å²) in [5.74, 6) is -17.4. The summed E-state index contributed by atoms with van der Waals surface area (Å²) in [6.45, 7) is -3.43. The van der Waals surface area contributed by atoms with Crippen LogP contribution < -0.4 is 0 Å². The second kappa shape index (κ2) is 38.2. The minimum atomic E-state index is -3.86. The second-order valence-corrected chi connectivity index (χ2v) is 24.2. The number of aliphatic hydroxyl groups is 16. The van der Waals surface area contributed by atoms with Gasteiger partial charge < -0.3 is 115 Å². The fraction of sp³-hybridized carbons (Fsp3) is 0.967. The van der Waals surface area contributed by atoms with Gasteiger partial charge in [0.25, 0.3) is 11.4 Å². The van der Waals surface area contributed by atoms with E-state index in [4.69, 9.17) is 37.9 Å². The van der Waals surface area contributed by atoms with Crippen LogP contribution in [-0.4, -0.2) is 248 Å². The molecule has 4 heterocycles. The largest absolute Gasteiger partial charge is 0.441 e. The van der Waals surface area contributed by atoms with Crippen molar-refractivity contribution in [3.8, 4) is 0 Å².